The van der Waals surface area contributed by atoms with Crippen molar-refractivity contribution in [2.75, 3.05) is 6.54 Å². The Bertz CT molecular complexity index is 577. The number of hydrogen-bond donors (Lipinski definition) is 2. The SMILES string of the molecule is Cc1ccccc1CNC1CCNCc2ccccc21. The highest BCUT2D eigenvalue weighted by molar-refractivity contribution is 5.31. The van der Waals surface area contributed by atoms with Crippen LogP contribution in [-0.4, -0.2) is 6.54 Å². The lowest BCUT2D eigenvalue weighted by Gasteiger charge is -2.19. The van der Waals surface area contributed by atoms with Gasteiger partial charge in [-0.1, -0.05) is 48.5 Å². The first-order valence-corrected chi connectivity index (χ1v) is 7.41. The maximum atomic E-state index is 3.73. The fourth-order valence-electron chi connectivity index (χ4n) is 2.91. The van der Waals surface area contributed by atoms with Crippen LogP contribution in [0.5, 0.6) is 0 Å². The van der Waals surface area contributed by atoms with Crippen molar-refractivity contribution in [3.8, 4) is 0 Å². The molecule has 2 aromatic carbocycles. The molecule has 3 rings (SSSR count). The van der Waals surface area contributed by atoms with E-state index < -0.39 is 0 Å². The molecule has 0 amide bonds. The van der Waals surface area contributed by atoms with Gasteiger partial charge in [0.1, 0.15) is 0 Å². The van der Waals surface area contributed by atoms with Gasteiger partial charge in [-0.25, -0.2) is 0 Å². The molecule has 2 heteroatoms. The number of aryl methyl sites for hydroxylation is 1. The van der Waals surface area contributed by atoms with E-state index in [1.54, 1.807) is 0 Å². The lowest BCUT2D eigenvalue weighted by molar-refractivity contribution is 0.495. The smallest absolute Gasteiger partial charge is 0.0338 e. The van der Waals surface area contributed by atoms with Crippen LogP contribution in [0.2, 0.25) is 0 Å². The maximum Gasteiger partial charge on any atom is 0.0338 e. The monoisotopic (exact) mass is 266 g/mol. The topological polar surface area (TPSA) is 24.1 Å². The van der Waals surface area contributed by atoms with Gasteiger partial charge in [-0.2, -0.15) is 0 Å². The molecule has 0 spiro atoms. The second-order valence-corrected chi connectivity index (χ2v) is 5.52. The van der Waals surface area contributed by atoms with Gasteiger partial charge in [0.05, 0.1) is 0 Å². The molecule has 0 saturated heterocycles. The van der Waals surface area contributed by atoms with Crippen LogP contribution in [0.15, 0.2) is 48.5 Å². The Labute approximate surface area is 121 Å². The number of hydrogen-bond acceptors (Lipinski definition) is 2. The third-order valence-electron chi connectivity index (χ3n) is 4.16. The van der Waals surface area contributed by atoms with Crippen molar-refractivity contribution in [3.05, 3.63) is 70.8 Å². The van der Waals surface area contributed by atoms with E-state index in [-0.39, 0.29) is 0 Å². The largest absolute Gasteiger partial charge is 0.313 e. The highest BCUT2D eigenvalue weighted by Gasteiger charge is 2.17. The second kappa shape index (κ2) is 6.21. The van der Waals surface area contributed by atoms with Gasteiger partial charge < -0.3 is 10.6 Å². The minimum Gasteiger partial charge on any atom is -0.313 e. The Morgan fingerprint density at radius 2 is 1.90 bits per heavy atom. The van der Waals surface area contributed by atoms with E-state index in [1.807, 2.05) is 0 Å². The Hall–Kier alpha value is -1.64. The molecule has 0 aliphatic carbocycles. The Balaban J connectivity index is 1.76. The molecule has 0 saturated carbocycles. The second-order valence-electron chi connectivity index (χ2n) is 5.52. The van der Waals surface area contributed by atoms with Crippen molar-refractivity contribution in [3.63, 3.8) is 0 Å². The molecule has 0 fully saturated rings. The van der Waals surface area contributed by atoms with Crippen LogP contribution in [0.4, 0.5) is 0 Å². The van der Waals surface area contributed by atoms with E-state index in [0.29, 0.717) is 6.04 Å². The van der Waals surface area contributed by atoms with Crippen LogP contribution in [0.1, 0.15) is 34.7 Å². The van der Waals surface area contributed by atoms with Crippen molar-refractivity contribution in [2.45, 2.75) is 32.5 Å². The van der Waals surface area contributed by atoms with Crippen LogP contribution < -0.4 is 10.6 Å². The zero-order valence-electron chi connectivity index (χ0n) is 12.0. The minimum absolute atomic E-state index is 0.445. The molecule has 0 aromatic heterocycles. The van der Waals surface area contributed by atoms with Crippen LogP contribution in [0, 0.1) is 6.92 Å². The van der Waals surface area contributed by atoms with Crippen molar-refractivity contribution in [1.82, 2.24) is 10.6 Å². The number of rotatable bonds is 3. The van der Waals surface area contributed by atoms with Crippen molar-refractivity contribution < 1.29 is 0 Å². The van der Waals surface area contributed by atoms with Gasteiger partial charge >= 0.3 is 0 Å². The fourth-order valence-corrected chi connectivity index (χ4v) is 2.91. The summed E-state index contributed by atoms with van der Waals surface area (Å²) in [4.78, 5) is 0. The minimum atomic E-state index is 0.445. The molecular weight excluding hydrogens is 244 g/mol. The van der Waals surface area contributed by atoms with E-state index in [4.69, 9.17) is 0 Å². The first kappa shape index (κ1) is 13.3. The van der Waals surface area contributed by atoms with E-state index in [0.717, 1.165) is 26.1 Å². The third-order valence-corrected chi connectivity index (χ3v) is 4.16. The summed E-state index contributed by atoms with van der Waals surface area (Å²) in [5.41, 5.74) is 5.63. The van der Waals surface area contributed by atoms with E-state index in [1.165, 1.54) is 22.3 Å². The number of benzene rings is 2. The molecule has 0 bridgehead atoms. The maximum absolute atomic E-state index is 3.73. The summed E-state index contributed by atoms with van der Waals surface area (Å²) >= 11 is 0. The molecule has 1 aliphatic rings. The summed E-state index contributed by atoms with van der Waals surface area (Å²) in [5.74, 6) is 0. The number of fused-ring (bicyclic) bond motifs is 1. The fraction of sp³-hybridized carbons (Fsp3) is 0.333. The van der Waals surface area contributed by atoms with E-state index >= 15 is 0 Å². The Morgan fingerprint density at radius 1 is 1.10 bits per heavy atom. The molecule has 2 N–H and O–H groups in total. The molecule has 1 atom stereocenters. The molecule has 1 aliphatic heterocycles. The molecule has 0 radical (unpaired) electrons. The van der Waals surface area contributed by atoms with Crippen LogP contribution in [0.25, 0.3) is 0 Å². The van der Waals surface area contributed by atoms with Crippen molar-refractivity contribution >= 4 is 0 Å². The Morgan fingerprint density at radius 3 is 2.80 bits per heavy atom. The predicted octanol–water partition coefficient (Wildman–Crippen LogP) is 3.32. The van der Waals surface area contributed by atoms with Crippen LogP contribution in [-0.2, 0) is 13.1 Å². The molecule has 1 heterocycles. The molecule has 104 valence electrons. The number of nitrogens with one attached hydrogen (secondary N) is 2. The highest BCUT2D eigenvalue weighted by Crippen LogP contribution is 2.24. The van der Waals surface area contributed by atoms with E-state index in [2.05, 4.69) is 66.1 Å². The van der Waals surface area contributed by atoms with Gasteiger partial charge in [-0.05, 0) is 42.1 Å². The lowest BCUT2D eigenvalue weighted by Crippen LogP contribution is -2.23. The van der Waals surface area contributed by atoms with Gasteiger partial charge in [-0.15, -0.1) is 0 Å². The average molecular weight is 266 g/mol. The molecular formula is C18H22N2. The van der Waals surface area contributed by atoms with Crippen LogP contribution in [0.3, 0.4) is 0 Å². The molecule has 20 heavy (non-hydrogen) atoms. The average Bonchev–Trinajstić information content (AvgIpc) is 2.69. The van der Waals surface area contributed by atoms with Gasteiger partial charge in [0.2, 0.25) is 0 Å². The normalized spacial score (nSPS) is 18.4. The van der Waals surface area contributed by atoms with Gasteiger partial charge in [0, 0.05) is 19.1 Å². The standard InChI is InChI=1S/C18H22N2/c1-14-6-2-3-7-15(14)13-20-18-10-11-19-12-16-8-4-5-9-17(16)18/h2-9,18-20H,10-13H2,1H3. The highest BCUT2D eigenvalue weighted by atomic mass is 14.9. The molecule has 1 unspecified atom stereocenters. The summed E-state index contributed by atoms with van der Waals surface area (Å²) in [5, 5.41) is 7.24. The first-order chi connectivity index (χ1) is 9.84. The summed E-state index contributed by atoms with van der Waals surface area (Å²) in [6, 6.07) is 17.8. The summed E-state index contributed by atoms with van der Waals surface area (Å²) < 4.78 is 0. The van der Waals surface area contributed by atoms with Gasteiger partial charge in [0.15, 0.2) is 0 Å². The molecule has 2 aromatic rings. The summed E-state index contributed by atoms with van der Waals surface area (Å²) in [6.07, 6.45) is 1.14. The summed E-state index contributed by atoms with van der Waals surface area (Å²) in [6.45, 7) is 5.17. The lowest BCUT2D eigenvalue weighted by atomic mass is 9.99. The zero-order valence-corrected chi connectivity index (χ0v) is 12.0. The quantitative estimate of drug-likeness (QED) is 0.890. The van der Waals surface area contributed by atoms with E-state index in [9.17, 15) is 0 Å². The van der Waals surface area contributed by atoms with Crippen molar-refractivity contribution in [2.24, 2.45) is 0 Å². The summed E-state index contributed by atoms with van der Waals surface area (Å²) in [7, 11) is 0. The van der Waals surface area contributed by atoms with Gasteiger partial charge in [-0.3, -0.25) is 0 Å². The molecule has 2 nitrogen and oxygen atoms in total. The van der Waals surface area contributed by atoms with Crippen molar-refractivity contribution in [1.29, 1.82) is 0 Å². The predicted molar refractivity (Wildman–Crippen MR) is 83.5 cm³/mol. The first-order valence-electron chi connectivity index (χ1n) is 7.41. The third kappa shape index (κ3) is 2.92. The Kier molecular flexibility index (Phi) is 4.14. The zero-order chi connectivity index (χ0) is 13.8. The van der Waals surface area contributed by atoms with Gasteiger partial charge in [0.25, 0.3) is 0 Å². The van der Waals surface area contributed by atoms with Crippen LogP contribution >= 0.6 is 0 Å².